The first-order valence-electron chi connectivity index (χ1n) is 10.7. The van der Waals surface area contributed by atoms with E-state index in [2.05, 4.69) is 26.8 Å². The highest BCUT2D eigenvalue weighted by atomic mass is 16.6. The average Bonchev–Trinajstić information content (AvgIpc) is 2.83. The summed E-state index contributed by atoms with van der Waals surface area (Å²) in [4.78, 5) is 36.8. The molecule has 4 aliphatic carbocycles. The number of hydrogen-bond acceptors (Lipinski definition) is 4. The minimum atomic E-state index is -1.01. The number of carbonyl (C=O) groups excluding carboxylic acids is 3. The summed E-state index contributed by atoms with van der Waals surface area (Å²) in [7, 11) is 0. The van der Waals surface area contributed by atoms with Gasteiger partial charge < -0.3 is 4.74 Å². The number of esters is 1. The molecule has 4 nitrogen and oxygen atoms in total. The molecule has 0 unspecified atom stereocenters. The van der Waals surface area contributed by atoms with Crippen LogP contribution in [0, 0.1) is 35.0 Å². The Morgan fingerprint density at radius 2 is 1.93 bits per heavy atom. The lowest BCUT2D eigenvalue weighted by Crippen LogP contribution is -2.57. The van der Waals surface area contributed by atoms with Crippen molar-refractivity contribution in [3.05, 3.63) is 23.3 Å². The van der Waals surface area contributed by atoms with Crippen LogP contribution in [-0.4, -0.2) is 23.1 Å². The van der Waals surface area contributed by atoms with Gasteiger partial charge in [-0.2, -0.15) is 0 Å². The van der Waals surface area contributed by atoms with Crippen LogP contribution in [0.1, 0.15) is 66.7 Å². The lowest BCUT2D eigenvalue weighted by molar-refractivity contribution is -0.184. The molecule has 0 aromatic heterocycles. The van der Waals surface area contributed by atoms with Gasteiger partial charge in [0.05, 0.1) is 0 Å². The zero-order chi connectivity index (χ0) is 20.4. The Bertz CT molecular complexity index is 805. The molecule has 2 saturated carbocycles. The molecule has 0 saturated heterocycles. The third-order valence-electron chi connectivity index (χ3n) is 8.51. The summed E-state index contributed by atoms with van der Waals surface area (Å²) in [6.07, 6.45) is 8.35. The van der Waals surface area contributed by atoms with Crippen LogP contribution in [0.5, 0.6) is 0 Å². The predicted octanol–water partition coefficient (Wildman–Crippen LogP) is 4.43. The smallest absolute Gasteiger partial charge is 0.303 e. The van der Waals surface area contributed by atoms with Crippen molar-refractivity contribution >= 4 is 17.5 Å². The lowest BCUT2D eigenvalue weighted by Gasteiger charge is -2.55. The molecule has 0 radical (unpaired) electrons. The molecule has 0 aromatic carbocycles. The Balaban J connectivity index is 1.80. The number of Topliss-reactive ketones (excluding diaryl/α,β-unsaturated/α-hetero) is 1. The minimum absolute atomic E-state index is 0.0154. The van der Waals surface area contributed by atoms with Crippen LogP contribution in [0.25, 0.3) is 0 Å². The van der Waals surface area contributed by atoms with E-state index >= 15 is 0 Å². The van der Waals surface area contributed by atoms with Crippen LogP contribution >= 0.6 is 0 Å². The molecule has 7 atom stereocenters. The number of rotatable bonds is 2. The predicted molar refractivity (Wildman–Crippen MR) is 106 cm³/mol. The molecule has 4 aliphatic rings. The topological polar surface area (TPSA) is 60.4 Å². The first-order chi connectivity index (χ1) is 13.1. The molecule has 4 rings (SSSR count). The third kappa shape index (κ3) is 2.52. The molecule has 152 valence electrons. The van der Waals surface area contributed by atoms with Crippen molar-refractivity contribution in [2.45, 2.75) is 72.3 Å². The van der Waals surface area contributed by atoms with Crippen molar-refractivity contribution in [2.24, 2.45) is 35.0 Å². The second-order valence-corrected chi connectivity index (χ2v) is 9.94. The number of allylic oxidation sites excluding steroid dienone is 4. The first kappa shape index (κ1) is 19.6. The van der Waals surface area contributed by atoms with E-state index in [9.17, 15) is 14.4 Å². The lowest BCUT2D eigenvalue weighted by atomic mass is 9.50. The maximum atomic E-state index is 12.9. The highest BCUT2D eigenvalue weighted by Gasteiger charge is 2.68. The monoisotopic (exact) mass is 384 g/mol. The zero-order valence-electron chi connectivity index (χ0n) is 17.7. The Labute approximate surface area is 167 Å². The van der Waals surface area contributed by atoms with Gasteiger partial charge in [-0.05, 0) is 80.8 Å². The molecule has 0 aromatic rings. The van der Waals surface area contributed by atoms with Crippen molar-refractivity contribution in [1.82, 2.24) is 0 Å². The minimum Gasteiger partial charge on any atom is -0.451 e. The fourth-order valence-corrected chi connectivity index (χ4v) is 7.57. The molecule has 0 N–H and O–H groups in total. The zero-order valence-corrected chi connectivity index (χ0v) is 17.7. The van der Waals surface area contributed by atoms with Gasteiger partial charge in [-0.1, -0.05) is 25.5 Å². The quantitative estimate of drug-likeness (QED) is 0.661. The molecular formula is C24H32O4. The Hall–Kier alpha value is -1.71. The summed E-state index contributed by atoms with van der Waals surface area (Å²) in [5.41, 5.74) is 1.12. The van der Waals surface area contributed by atoms with Crippen LogP contribution in [0.4, 0.5) is 0 Å². The van der Waals surface area contributed by atoms with E-state index in [1.165, 1.54) is 18.1 Å². The highest BCUT2D eigenvalue weighted by molar-refractivity contribution is 5.92. The maximum absolute atomic E-state index is 12.9. The summed E-state index contributed by atoms with van der Waals surface area (Å²) < 4.78 is 5.87. The SMILES string of the molecule is CC(=O)O[C@]1(C(C)=O)C[C@@H](C)[C@H]2[C@@H]3C=C(C)C4=CC(=O)CC[C@@H]4[C@H]3CC[C@@]21C. The van der Waals surface area contributed by atoms with Gasteiger partial charge in [0.2, 0.25) is 0 Å². The molecule has 4 heteroatoms. The van der Waals surface area contributed by atoms with Gasteiger partial charge in [0.15, 0.2) is 17.2 Å². The fourth-order valence-electron chi connectivity index (χ4n) is 7.57. The van der Waals surface area contributed by atoms with Crippen LogP contribution < -0.4 is 0 Å². The van der Waals surface area contributed by atoms with Crippen molar-refractivity contribution in [2.75, 3.05) is 0 Å². The number of carbonyl (C=O) groups is 3. The van der Waals surface area contributed by atoms with Crippen LogP contribution in [0.15, 0.2) is 23.3 Å². The van der Waals surface area contributed by atoms with Crippen LogP contribution in [0.3, 0.4) is 0 Å². The number of ether oxygens (including phenoxy) is 1. The van der Waals surface area contributed by atoms with E-state index in [1.807, 2.05) is 6.08 Å². The summed E-state index contributed by atoms with van der Waals surface area (Å²) in [5, 5.41) is 0. The van der Waals surface area contributed by atoms with Crippen molar-refractivity contribution in [1.29, 1.82) is 0 Å². The van der Waals surface area contributed by atoms with E-state index in [-0.39, 0.29) is 23.0 Å². The van der Waals surface area contributed by atoms with Gasteiger partial charge in [-0.25, -0.2) is 0 Å². The maximum Gasteiger partial charge on any atom is 0.303 e. The number of fused-ring (bicyclic) bond motifs is 5. The summed E-state index contributed by atoms with van der Waals surface area (Å²) >= 11 is 0. The van der Waals surface area contributed by atoms with Gasteiger partial charge in [-0.3, -0.25) is 14.4 Å². The number of ketones is 2. The molecule has 0 aliphatic heterocycles. The normalized spacial score (nSPS) is 44.6. The Kier molecular flexibility index (Phi) is 4.48. The fraction of sp³-hybridized carbons (Fsp3) is 0.708. The van der Waals surface area contributed by atoms with Gasteiger partial charge in [-0.15, -0.1) is 0 Å². The van der Waals surface area contributed by atoms with Gasteiger partial charge in [0.25, 0.3) is 0 Å². The van der Waals surface area contributed by atoms with Crippen molar-refractivity contribution in [3.63, 3.8) is 0 Å². The number of hydrogen-bond donors (Lipinski definition) is 0. The summed E-state index contributed by atoms with van der Waals surface area (Å²) in [6.45, 7) is 9.53. The van der Waals surface area contributed by atoms with E-state index in [4.69, 9.17) is 4.74 Å². The average molecular weight is 385 g/mol. The Morgan fingerprint density at radius 1 is 1.21 bits per heavy atom. The summed E-state index contributed by atoms with van der Waals surface area (Å²) in [6, 6.07) is 0. The van der Waals surface area contributed by atoms with E-state index in [1.54, 1.807) is 6.92 Å². The van der Waals surface area contributed by atoms with Crippen molar-refractivity contribution in [3.8, 4) is 0 Å². The van der Waals surface area contributed by atoms with E-state index in [0.717, 1.165) is 19.3 Å². The largest absolute Gasteiger partial charge is 0.451 e. The standard InChI is InChI=1S/C24H32O4/c1-13-10-21-19(18-7-6-17(27)11-20(13)18)8-9-23(5)22(21)14(2)12-24(23,15(3)25)28-16(4)26/h10-11,14,18-19,21-22H,6-9,12H2,1-5H3/t14-,18-,19-,21-,22+,23+,24+/m1/s1. The van der Waals surface area contributed by atoms with E-state index in [0.29, 0.717) is 42.4 Å². The molecule has 0 heterocycles. The van der Waals surface area contributed by atoms with Crippen LogP contribution in [-0.2, 0) is 19.1 Å². The second-order valence-electron chi connectivity index (χ2n) is 9.94. The summed E-state index contributed by atoms with van der Waals surface area (Å²) in [5.74, 6) is 1.83. The molecule has 0 spiro atoms. The first-order valence-corrected chi connectivity index (χ1v) is 10.7. The Morgan fingerprint density at radius 3 is 2.57 bits per heavy atom. The van der Waals surface area contributed by atoms with Crippen LogP contribution in [0.2, 0.25) is 0 Å². The molecule has 28 heavy (non-hydrogen) atoms. The third-order valence-corrected chi connectivity index (χ3v) is 8.51. The van der Waals surface area contributed by atoms with E-state index < -0.39 is 5.60 Å². The molecule has 0 amide bonds. The molecule has 2 fully saturated rings. The van der Waals surface area contributed by atoms with Crippen molar-refractivity contribution < 1.29 is 19.1 Å². The van der Waals surface area contributed by atoms with Gasteiger partial charge >= 0.3 is 5.97 Å². The second kappa shape index (κ2) is 6.40. The molecular weight excluding hydrogens is 352 g/mol. The van der Waals surface area contributed by atoms with Gasteiger partial charge in [0.1, 0.15) is 0 Å². The highest BCUT2D eigenvalue weighted by Crippen LogP contribution is 2.67. The molecule has 0 bridgehead atoms. The van der Waals surface area contributed by atoms with Gasteiger partial charge in [0, 0.05) is 18.8 Å².